The molecule has 1 aromatic carbocycles. The minimum Gasteiger partial charge on any atom is -0.507 e. The molecule has 1 aromatic rings. The smallest absolute Gasteiger partial charge is 0.319 e. The molecular weight excluding hydrogens is 380 g/mol. The number of carbonyl (C=O) groups is 1. The molecule has 0 saturated heterocycles. The number of aromatic hydroxyl groups is 1. The minimum atomic E-state index is -0.205. The van der Waals surface area contributed by atoms with Crippen molar-refractivity contribution >= 4 is 17.7 Å². The third-order valence-corrected chi connectivity index (χ3v) is 6.31. The van der Waals surface area contributed by atoms with Crippen LogP contribution in [0.1, 0.15) is 97.8 Å². The van der Waals surface area contributed by atoms with Gasteiger partial charge in [-0.1, -0.05) is 80.4 Å². The van der Waals surface area contributed by atoms with E-state index in [-0.39, 0.29) is 22.0 Å². The summed E-state index contributed by atoms with van der Waals surface area (Å²) in [6.45, 7) is 17.5. The van der Waals surface area contributed by atoms with Crippen LogP contribution in [0, 0.1) is 0 Å². The van der Waals surface area contributed by atoms with Crippen molar-refractivity contribution in [1.82, 2.24) is 0 Å². The molecule has 0 amide bonds. The first-order valence-corrected chi connectivity index (χ1v) is 12.1. The summed E-state index contributed by atoms with van der Waals surface area (Å²) in [6, 6.07) is 4.16. The molecule has 0 fully saturated rings. The molecule has 3 nitrogen and oxygen atoms in total. The Bertz CT molecular complexity index is 618. The summed E-state index contributed by atoms with van der Waals surface area (Å²) in [5, 5.41) is 10.7. The normalized spacial score (nSPS) is 13.4. The van der Waals surface area contributed by atoms with Crippen LogP contribution in [0.4, 0.5) is 0 Å². The number of carbonyl (C=O) groups excluding carboxylic acids is 1. The van der Waals surface area contributed by atoms with Crippen LogP contribution in [-0.4, -0.2) is 28.7 Å². The Morgan fingerprint density at radius 3 is 1.97 bits per heavy atom. The number of ether oxygens (including phenoxy) is 1. The van der Waals surface area contributed by atoms with E-state index in [0.717, 1.165) is 48.1 Å². The van der Waals surface area contributed by atoms with Crippen molar-refractivity contribution in [1.29, 1.82) is 0 Å². The van der Waals surface area contributed by atoms with E-state index in [1.807, 2.05) is 0 Å². The Morgan fingerprint density at radius 1 is 1.00 bits per heavy atom. The molecule has 1 atom stereocenters. The molecule has 0 radical (unpaired) electrons. The van der Waals surface area contributed by atoms with Crippen molar-refractivity contribution in [3.05, 3.63) is 28.8 Å². The zero-order valence-corrected chi connectivity index (χ0v) is 20.7. The van der Waals surface area contributed by atoms with Gasteiger partial charge in [-0.3, -0.25) is 4.79 Å². The number of thioether (sulfide) groups is 1. The highest BCUT2D eigenvalue weighted by Crippen LogP contribution is 2.40. The first kappa shape index (κ1) is 25.9. The number of hydrogen-bond donors (Lipinski definition) is 1. The fourth-order valence-corrected chi connectivity index (χ4v) is 4.41. The first-order valence-electron chi connectivity index (χ1n) is 11.1. The standard InChI is InChI=1S/C25H42O3S/c1-9-11-13-28-23(27)21(29-14-12-10-2)17-18-15-19(24(3,4)5)22(26)20(16-18)25(6,7)8/h15-16,21,26H,9-14,17H2,1-8H3. The number of phenolic OH excluding ortho intramolecular Hbond substituents is 1. The third kappa shape index (κ3) is 8.24. The van der Waals surface area contributed by atoms with Gasteiger partial charge in [-0.2, -0.15) is 0 Å². The van der Waals surface area contributed by atoms with Crippen molar-refractivity contribution in [3.63, 3.8) is 0 Å². The van der Waals surface area contributed by atoms with Gasteiger partial charge in [0.2, 0.25) is 0 Å². The van der Waals surface area contributed by atoms with E-state index in [9.17, 15) is 9.90 Å². The van der Waals surface area contributed by atoms with Crippen LogP contribution in [0.15, 0.2) is 12.1 Å². The highest BCUT2D eigenvalue weighted by atomic mass is 32.2. The van der Waals surface area contributed by atoms with Gasteiger partial charge in [0, 0.05) is 0 Å². The molecule has 0 aliphatic heterocycles. The summed E-state index contributed by atoms with van der Waals surface area (Å²) in [5.74, 6) is 1.23. The zero-order chi connectivity index (χ0) is 22.2. The number of rotatable bonds is 10. The van der Waals surface area contributed by atoms with Gasteiger partial charge in [0.25, 0.3) is 0 Å². The van der Waals surface area contributed by atoms with Gasteiger partial charge in [-0.05, 0) is 52.5 Å². The lowest BCUT2D eigenvalue weighted by atomic mass is 9.78. The highest BCUT2D eigenvalue weighted by molar-refractivity contribution is 8.00. The Balaban J connectivity index is 3.23. The second-order valence-corrected chi connectivity index (χ2v) is 11.3. The van der Waals surface area contributed by atoms with E-state index >= 15 is 0 Å². The largest absolute Gasteiger partial charge is 0.507 e. The van der Waals surface area contributed by atoms with Gasteiger partial charge in [0.05, 0.1) is 6.61 Å². The van der Waals surface area contributed by atoms with Crippen molar-refractivity contribution in [2.24, 2.45) is 0 Å². The van der Waals surface area contributed by atoms with Crippen LogP contribution in [0.3, 0.4) is 0 Å². The molecule has 0 aromatic heterocycles. The average molecular weight is 423 g/mol. The number of phenols is 1. The number of esters is 1. The highest BCUT2D eigenvalue weighted by Gasteiger charge is 2.28. The molecule has 1 rings (SSSR count). The summed E-state index contributed by atoms with van der Waals surface area (Å²) in [5.41, 5.74) is 2.63. The summed E-state index contributed by atoms with van der Waals surface area (Å²) in [6.07, 6.45) is 4.76. The van der Waals surface area contributed by atoms with Crippen LogP contribution in [0.2, 0.25) is 0 Å². The van der Waals surface area contributed by atoms with E-state index in [1.165, 1.54) is 0 Å². The first-order chi connectivity index (χ1) is 13.4. The fourth-order valence-electron chi connectivity index (χ4n) is 3.16. The maximum atomic E-state index is 12.8. The molecule has 0 spiro atoms. The summed E-state index contributed by atoms with van der Waals surface area (Å²) in [7, 11) is 0. The average Bonchev–Trinajstić information content (AvgIpc) is 2.60. The Hall–Kier alpha value is -1.16. The quantitative estimate of drug-likeness (QED) is 0.334. The molecule has 1 unspecified atom stereocenters. The molecule has 0 aliphatic rings. The van der Waals surface area contributed by atoms with E-state index in [2.05, 4.69) is 67.5 Å². The summed E-state index contributed by atoms with van der Waals surface area (Å²) in [4.78, 5) is 12.8. The maximum Gasteiger partial charge on any atom is 0.319 e. The van der Waals surface area contributed by atoms with Gasteiger partial charge < -0.3 is 9.84 Å². The van der Waals surface area contributed by atoms with Gasteiger partial charge in [-0.25, -0.2) is 0 Å². The van der Waals surface area contributed by atoms with Crippen LogP contribution < -0.4 is 0 Å². The molecule has 0 saturated carbocycles. The molecule has 1 N–H and O–H groups in total. The van der Waals surface area contributed by atoms with E-state index < -0.39 is 0 Å². The predicted molar refractivity (Wildman–Crippen MR) is 126 cm³/mol. The SMILES string of the molecule is CCCCOC(=O)C(Cc1cc(C(C)(C)C)c(O)c(C(C)(C)C)c1)SCCCC. The maximum absolute atomic E-state index is 12.8. The second-order valence-electron chi connectivity index (χ2n) is 9.98. The second kappa shape index (κ2) is 11.3. The molecule has 0 bridgehead atoms. The lowest BCUT2D eigenvalue weighted by molar-refractivity contribution is -0.143. The Morgan fingerprint density at radius 2 is 1.52 bits per heavy atom. The summed E-state index contributed by atoms with van der Waals surface area (Å²) < 4.78 is 5.56. The van der Waals surface area contributed by atoms with Gasteiger partial charge in [0.1, 0.15) is 11.0 Å². The number of benzene rings is 1. The topological polar surface area (TPSA) is 46.5 Å². The molecule has 0 heterocycles. The van der Waals surface area contributed by atoms with Crippen molar-refractivity contribution in [2.45, 2.75) is 104 Å². The predicted octanol–water partition coefficient (Wildman–Crippen LogP) is 6.77. The minimum absolute atomic E-state index is 0.109. The zero-order valence-electron chi connectivity index (χ0n) is 19.9. The molecule has 29 heavy (non-hydrogen) atoms. The van der Waals surface area contributed by atoms with Crippen LogP contribution in [0.5, 0.6) is 5.75 Å². The lowest BCUT2D eigenvalue weighted by Gasteiger charge is -2.28. The van der Waals surface area contributed by atoms with E-state index in [1.54, 1.807) is 11.8 Å². The Labute approximate surface area is 183 Å². The molecule has 166 valence electrons. The van der Waals surface area contributed by atoms with Crippen LogP contribution >= 0.6 is 11.8 Å². The number of unbranched alkanes of at least 4 members (excludes halogenated alkanes) is 2. The van der Waals surface area contributed by atoms with Crippen LogP contribution in [0.25, 0.3) is 0 Å². The Kier molecular flexibility index (Phi) is 10.1. The van der Waals surface area contributed by atoms with Gasteiger partial charge in [-0.15, -0.1) is 11.8 Å². The van der Waals surface area contributed by atoms with E-state index in [0.29, 0.717) is 18.8 Å². The summed E-state index contributed by atoms with van der Waals surface area (Å²) >= 11 is 1.70. The molecule has 0 aliphatic carbocycles. The number of hydrogen-bond acceptors (Lipinski definition) is 4. The van der Waals surface area contributed by atoms with Gasteiger partial charge >= 0.3 is 5.97 Å². The molecule has 4 heteroatoms. The van der Waals surface area contributed by atoms with Crippen LogP contribution in [-0.2, 0) is 26.8 Å². The van der Waals surface area contributed by atoms with Crippen molar-refractivity contribution < 1.29 is 14.6 Å². The third-order valence-electron chi connectivity index (χ3n) is 5.03. The van der Waals surface area contributed by atoms with Crippen molar-refractivity contribution in [3.8, 4) is 5.75 Å². The lowest BCUT2D eigenvalue weighted by Crippen LogP contribution is -2.25. The molecular formula is C25H42O3S. The van der Waals surface area contributed by atoms with Gasteiger partial charge in [0.15, 0.2) is 0 Å². The fraction of sp³-hybridized carbons (Fsp3) is 0.720. The van der Waals surface area contributed by atoms with Crippen molar-refractivity contribution in [2.75, 3.05) is 12.4 Å². The monoisotopic (exact) mass is 422 g/mol. The van der Waals surface area contributed by atoms with E-state index in [4.69, 9.17) is 4.74 Å².